The highest BCUT2D eigenvalue weighted by Crippen LogP contribution is 2.43. The number of nitrogens with one attached hydrogen (secondary N) is 1. The van der Waals surface area contributed by atoms with Crippen LogP contribution in [0, 0.1) is 5.41 Å². The first-order valence-corrected chi connectivity index (χ1v) is 7.48. The Kier molecular flexibility index (Phi) is 5.65. The topological polar surface area (TPSA) is 78.8 Å². The third kappa shape index (κ3) is 4.93. The number of alkyl halides is 1. The van der Waals surface area contributed by atoms with Gasteiger partial charge >= 0.3 is 6.09 Å². The van der Waals surface area contributed by atoms with Crippen LogP contribution in [0.1, 0.15) is 40.0 Å². The SMILES string of the molecule is CC(C)(C)OC(=O)NC1CC(CO)(CCO)CC1Br. The summed E-state index contributed by atoms with van der Waals surface area (Å²) in [7, 11) is 0. The van der Waals surface area contributed by atoms with E-state index in [1.807, 2.05) is 20.8 Å². The van der Waals surface area contributed by atoms with Crippen molar-refractivity contribution in [1.82, 2.24) is 5.32 Å². The van der Waals surface area contributed by atoms with Crippen LogP contribution in [0.5, 0.6) is 0 Å². The summed E-state index contributed by atoms with van der Waals surface area (Å²) in [6.45, 7) is 5.51. The van der Waals surface area contributed by atoms with Gasteiger partial charge in [-0.1, -0.05) is 15.9 Å². The number of aliphatic hydroxyl groups is 2. The number of amides is 1. The van der Waals surface area contributed by atoms with Gasteiger partial charge in [-0.2, -0.15) is 0 Å². The number of hydrogen-bond donors (Lipinski definition) is 3. The molecule has 1 fully saturated rings. The van der Waals surface area contributed by atoms with Crippen molar-refractivity contribution in [3.63, 3.8) is 0 Å². The fraction of sp³-hybridized carbons (Fsp3) is 0.923. The summed E-state index contributed by atoms with van der Waals surface area (Å²) < 4.78 is 5.23. The Balaban J connectivity index is 2.58. The maximum atomic E-state index is 11.8. The zero-order chi connectivity index (χ0) is 14.7. The van der Waals surface area contributed by atoms with E-state index in [0.717, 1.165) is 6.42 Å². The first kappa shape index (κ1) is 16.7. The molecule has 1 aliphatic carbocycles. The Morgan fingerprint density at radius 1 is 1.42 bits per heavy atom. The van der Waals surface area contributed by atoms with Crippen LogP contribution in [0.4, 0.5) is 4.79 Å². The van der Waals surface area contributed by atoms with Crippen LogP contribution in [0.3, 0.4) is 0 Å². The molecule has 1 rings (SSSR count). The molecule has 5 nitrogen and oxygen atoms in total. The first-order valence-electron chi connectivity index (χ1n) is 6.57. The molecule has 1 amide bonds. The first-order chi connectivity index (χ1) is 8.71. The molecule has 3 unspecified atom stereocenters. The predicted molar refractivity (Wildman–Crippen MR) is 76.3 cm³/mol. The second-order valence-corrected chi connectivity index (χ2v) is 7.48. The van der Waals surface area contributed by atoms with Gasteiger partial charge in [0.15, 0.2) is 0 Å². The number of alkyl carbamates (subject to hydrolysis) is 1. The maximum Gasteiger partial charge on any atom is 0.407 e. The molecule has 1 aliphatic rings. The van der Waals surface area contributed by atoms with Crippen molar-refractivity contribution in [3.8, 4) is 0 Å². The maximum absolute atomic E-state index is 11.8. The molecule has 0 aromatic carbocycles. The molecule has 0 aromatic heterocycles. The number of hydrogen-bond acceptors (Lipinski definition) is 4. The van der Waals surface area contributed by atoms with E-state index < -0.39 is 11.7 Å². The predicted octanol–water partition coefficient (Wildman–Crippen LogP) is 1.80. The van der Waals surface area contributed by atoms with Gasteiger partial charge in [0.25, 0.3) is 0 Å². The molecule has 0 aliphatic heterocycles. The number of aliphatic hydroxyl groups excluding tert-OH is 2. The monoisotopic (exact) mass is 337 g/mol. The summed E-state index contributed by atoms with van der Waals surface area (Å²) in [6.07, 6.45) is 1.46. The molecule has 0 aromatic rings. The van der Waals surface area contributed by atoms with Crippen LogP contribution in [0.25, 0.3) is 0 Å². The molecule has 0 spiro atoms. The zero-order valence-corrected chi connectivity index (χ0v) is 13.4. The molecule has 0 saturated heterocycles. The molecule has 112 valence electrons. The zero-order valence-electron chi connectivity index (χ0n) is 11.8. The highest BCUT2D eigenvalue weighted by molar-refractivity contribution is 9.09. The van der Waals surface area contributed by atoms with E-state index in [1.54, 1.807) is 0 Å². The number of carbonyl (C=O) groups is 1. The van der Waals surface area contributed by atoms with Crippen LogP contribution in [0.15, 0.2) is 0 Å². The van der Waals surface area contributed by atoms with Gasteiger partial charge in [0.05, 0.1) is 0 Å². The Morgan fingerprint density at radius 3 is 2.53 bits per heavy atom. The van der Waals surface area contributed by atoms with Gasteiger partial charge in [-0.15, -0.1) is 0 Å². The minimum atomic E-state index is -0.524. The van der Waals surface area contributed by atoms with Crippen molar-refractivity contribution in [3.05, 3.63) is 0 Å². The van der Waals surface area contributed by atoms with Crippen molar-refractivity contribution < 1.29 is 19.7 Å². The van der Waals surface area contributed by atoms with Crippen molar-refractivity contribution in [2.75, 3.05) is 13.2 Å². The summed E-state index contributed by atoms with van der Waals surface area (Å²) in [5, 5.41) is 21.5. The molecular formula is C13H24BrNO4. The van der Waals surface area contributed by atoms with Gasteiger partial charge in [-0.25, -0.2) is 4.79 Å². The molecule has 0 heterocycles. The van der Waals surface area contributed by atoms with Crippen molar-refractivity contribution >= 4 is 22.0 Å². The van der Waals surface area contributed by atoms with E-state index in [4.69, 9.17) is 9.84 Å². The van der Waals surface area contributed by atoms with Gasteiger partial charge < -0.3 is 20.3 Å². The summed E-state index contributed by atoms with van der Waals surface area (Å²) in [6, 6.07) is -0.0893. The van der Waals surface area contributed by atoms with E-state index in [0.29, 0.717) is 12.8 Å². The second kappa shape index (κ2) is 6.41. The summed E-state index contributed by atoms with van der Waals surface area (Å²) in [4.78, 5) is 11.8. The molecule has 0 bridgehead atoms. The third-order valence-electron chi connectivity index (χ3n) is 3.40. The number of ether oxygens (including phenoxy) is 1. The molecule has 19 heavy (non-hydrogen) atoms. The van der Waals surface area contributed by atoms with E-state index in [9.17, 15) is 9.90 Å². The lowest BCUT2D eigenvalue weighted by molar-refractivity contribution is 0.0492. The van der Waals surface area contributed by atoms with Crippen LogP contribution >= 0.6 is 15.9 Å². The quantitative estimate of drug-likeness (QED) is 0.683. The smallest absolute Gasteiger partial charge is 0.407 e. The van der Waals surface area contributed by atoms with Crippen LogP contribution in [-0.4, -0.2) is 46.0 Å². The van der Waals surface area contributed by atoms with E-state index in [-0.39, 0.29) is 29.5 Å². The highest BCUT2D eigenvalue weighted by Gasteiger charge is 2.44. The second-order valence-electron chi connectivity index (χ2n) is 6.31. The normalized spacial score (nSPS) is 31.3. The average Bonchev–Trinajstić information content (AvgIpc) is 2.54. The van der Waals surface area contributed by atoms with Crippen LogP contribution in [0.2, 0.25) is 0 Å². The molecule has 1 saturated carbocycles. The molecule has 0 radical (unpaired) electrons. The molecule has 3 atom stereocenters. The Bertz CT molecular complexity index is 318. The van der Waals surface area contributed by atoms with Crippen molar-refractivity contribution in [2.24, 2.45) is 5.41 Å². The lowest BCUT2D eigenvalue weighted by atomic mass is 9.84. The Morgan fingerprint density at radius 2 is 2.05 bits per heavy atom. The third-order valence-corrected chi connectivity index (χ3v) is 4.36. The average molecular weight is 338 g/mol. The number of carbonyl (C=O) groups excluding carboxylic acids is 1. The minimum Gasteiger partial charge on any atom is -0.444 e. The lowest BCUT2D eigenvalue weighted by Gasteiger charge is -2.26. The van der Waals surface area contributed by atoms with E-state index in [1.165, 1.54) is 0 Å². The molecule has 6 heteroatoms. The molecule has 3 N–H and O–H groups in total. The van der Waals surface area contributed by atoms with Gasteiger partial charge in [-0.05, 0) is 45.4 Å². The van der Waals surface area contributed by atoms with Crippen LogP contribution in [-0.2, 0) is 4.74 Å². The van der Waals surface area contributed by atoms with Crippen molar-refractivity contribution in [1.29, 1.82) is 0 Å². The fourth-order valence-corrected chi connectivity index (χ4v) is 3.49. The van der Waals surface area contributed by atoms with Gasteiger partial charge in [0.2, 0.25) is 0 Å². The number of rotatable bonds is 4. The lowest BCUT2D eigenvalue weighted by Crippen LogP contribution is -2.41. The summed E-state index contributed by atoms with van der Waals surface area (Å²) >= 11 is 3.54. The number of halogens is 1. The van der Waals surface area contributed by atoms with E-state index >= 15 is 0 Å². The fourth-order valence-electron chi connectivity index (χ4n) is 2.48. The van der Waals surface area contributed by atoms with Gasteiger partial charge in [0.1, 0.15) is 5.60 Å². The highest BCUT2D eigenvalue weighted by atomic mass is 79.9. The Hall–Kier alpha value is -0.330. The van der Waals surface area contributed by atoms with Crippen LogP contribution < -0.4 is 5.32 Å². The van der Waals surface area contributed by atoms with E-state index in [2.05, 4.69) is 21.2 Å². The van der Waals surface area contributed by atoms with Gasteiger partial charge in [0, 0.05) is 24.1 Å². The summed E-state index contributed by atoms with van der Waals surface area (Å²) in [5.74, 6) is 0. The minimum absolute atomic E-state index is 0.0160. The largest absolute Gasteiger partial charge is 0.444 e. The summed E-state index contributed by atoms with van der Waals surface area (Å²) in [5.41, 5.74) is -0.841. The Labute approximate surface area is 122 Å². The molecular weight excluding hydrogens is 314 g/mol. The van der Waals surface area contributed by atoms with Gasteiger partial charge in [-0.3, -0.25) is 0 Å². The standard InChI is InChI=1S/C13H24BrNO4/c1-12(2,3)19-11(18)15-10-7-13(8-17,4-5-16)6-9(10)14/h9-10,16-17H,4-8H2,1-3H3,(H,15,18). The van der Waals surface area contributed by atoms with Crippen molar-refractivity contribution in [2.45, 2.75) is 56.5 Å².